The van der Waals surface area contributed by atoms with E-state index >= 15 is 0 Å². The Morgan fingerprint density at radius 2 is 2.28 bits per heavy atom. The van der Waals surface area contributed by atoms with Gasteiger partial charge in [0.2, 0.25) is 0 Å². The monoisotopic (exact) mass is 257 g/mol. The summed E-state index contributed by atoms with van der Waals surface area (Å²) in [4.78, 5) is 10.0. The molecular weight excluding hydrogens is 244 g/mol. The summed E-state index contributed by atoms with van der Waals surface area (Å²) in [5.41, 5.74) is -0.813. The van der Waals surface area contributed by atoms with E-state index in [1.165, 1.54) is 0 Å². The van der Waals surface area contributed by atoms with Crippen molar-refractivity contribution in [1.82, 2.24) is 5.32 Å². The summed E-state index contributed by atoms with van der Waals surface area (Å²) in [7, 11) is 0. The highest BCUT2D eigenvalue weighted by molar-refractivity contribution is 5.62. The molecule has 0 spiro atoms. The van der Waals surface area contributed by atoms with Gasteiger partial charge in [-0.1, -0.05) is 0 Å². The molecule has 1 aromatic rings. The Bertz CT molecular complexity index is 462. The lowest BCUT2D eigenvalue weighted by Crippen LogP contribution is -2.18. The average molecular weight is 257 g/mol. The molecule has 1 aliphatic rings. The zero-order chi connectivity index (χ0) is 13.1. The van der Waals surface area contributed by atoms with Crippen LogP contribution in [-0.4, -0.2) is 24.6 Å². The van der Waals surface area contributed by atoms with Crippen molar-refractivity contribution in [2.45, 2.75) is 6.42 Å². The van der Waals surface area contributed by atoms with Crippen molar-refractivity contribution >= 4 is 11.4 Å². The first-order valence-corrected chi connectivity index (χ1v) is 5.66. The summed E-state index contributed by atoms with van der Waals surface area (Å²) in [5, 5.41) is 16.5. The molecule has 0 amide bonds. The van der Waals surface area contributed by atoms with Crippen LogP contribution in [0.25, 0.3) is 0 Å². The van der Waals surface area contributed by atoms with Gasteiger partial charge in [-0.3, -0.25) is 10.1 Å². The lowest BCUT2D eigenvalue weighted by molar-refractivity contribution is -0.384. The molecule has 0 saturated carbocycles. The second-order valence-corrected chi connectivity index (χ2v) is 4.25. The largest absolute Gasteiger partial charge is 0.377 e. The SMILES string of the molecule is O=[N+]([O-])c1ccc(F)c(F)c1NCC1CCNC1. The first kappa shape index (κ1) is 12.7. The van der Waals surface area contributed by atoms with Gasteiger partial charge >= 0.3 is 0 Å². The second kappa shape index (κ2) is 5.26. The van der Waals surface area contributed by atoms with Gasteiger partial charge in [-0.05, 0) is 31.5 Å². The summed E-state index contributed by atoms with van der Waals surface area (Å²) in [6.45, 7) is 2.03. The number of halogens is 2. The molecule has 5 nitrogen and oxygen atoms in total. The van der Waals surface area contributed by atoms with Crippen molar-refractivity contribution in [2.75, 3.05) is 25.0 Å². The highest BCUT2D eigenvalue weighted by Crippen LogP contribution is 2.29. The third kappa shape index (κ3) is 2.56. The molecule has 1 saturated heterocycles. The van der Waals surface area contributed by atoms with Crippen molar-refractivity contribution in [2.24, 2.45) is 5.92 Å². The van der Waals surface area contributed by atoms with E-state index in [1.54, 1.807) is 0 Å². The summed E-state index contributed by atoms with van der Waals surface area (Å²) < 4.78 is 26.6. The molecule has 1 fully saturated rings. The fourth-order valence-corrected chi connectivity index (χ4v) is 2.00. The van der Waals surface area contributed by atoms with E-state index in [9.17, 15) is 18.9 Å². The van der Waals surface area contributed by atoms with Gasteiger partial charge in [0.1, 0.15) is 0 Å². The van der Waals surface area contributed by atoms with Crippen molar-refractivity contribution in [3.05, 3.63) is 33.9 Å². The predicted octanol–water partition coefficient (Wildman–Crippen LogP) is 1.89. The Balaban J connectivity index is 2.18. The van der Waals surface area contributed by atoms with E-state index in [-0.39, 0.29) is 11.6 Å². The normalized spacial score (nSPS) is 18.9. The minimum Gasteiger partial charge on any atom is -0.377 e. The van der Waals surface area contributed by atoms with Crippen LogP contribution in [0.15, 0.2) is 12.1 Å². The Morgan fingerprint density at radius 3 is 2.89 bits per heavy atom. The quantitative estimate of drug-likeness (QED) is 0.638. The zero-order valence-electron chi connectivity index (χ0n) is 9.58. The molecule has 7 heteroatoms. The van der Waals surface area contributed by atoms with Gasteiger partial charge in [0.15, 0.2) is 17.3 Å². The first-order valence-electron chi connectivity index (χ1n) is 5.66. The molecule has 1 aliphatic heterocycles. The third-order valence-corrected chi connectivity index (χ3v) is 3.00. The van der Waals surface area contributed by atoms with Crippen LogP contribution in [0.4, 0.5) is 20.2 Å². The summed E-state index contributed by atoms with van der Waals surface area (Å²) in [6, 6.07) is 1.73. The Labute approximate surface area is 102 Å². The molecule has 2 N–H and O–H groups in total. The fraction of sp³-hybridized carbons (Fsp3) is 0.455. The van der Waals surface area contributed by atoms with E-state index in [2.05, 4.69) is 10.6 Å². The number of anilines is 1. The number of nitro benzene ring substituents is 1. The molecule has 1 heterocycles. The lowest BCUT2D eigenvalue weighted by Gasteiger charge is -2.12. The molecule has 0 aliphatic carbocycles. The topological polar surface area (TPSA) is 67.2 Å². The summed E-state index contributed by atoms with van der Waals surface area (Å²) >= 11 is 0. The molecular formula is C11H13F2N3O2. The first-order chi connectivity index (χ1) is 8.59. The number of nitrogens with one attached hydrogen (secondary N) is 2. The second-order valence-electron chi connectivity index (χ2n) is 4.25. The van der Waals surface area contributed by atoms with Crippen LogP contribution in [0, 0.1) is 27.7 Å². The van der Waals surface area contributed by atoms with Gasteiger partial charge < -0.3 is 10.6 Å². The number of nitro groups is 1. The summed E-state index contributed by atoms with van der Waals surface area (Å²) in [5.74, 6) is -2.02. The molecule has 2 rings (SSSR count). The maximum atomic E-state index is 13.5. The van der Waals surface area contributed by atoms with Crippen LogP contribution in [0.3, 0.4) is 0 Å². The van der Waals surface area contributed by atoms with E-state index in [0.29, 0.717) is 6.54 Å². The smallest absolute Gasteiger partial charge is 0.295 e. The Hall–Kier alpha value is -1.76. The molecule has 0 bridgehead atoms. The fourth-order valence-electron chi connectivity index (χ4n) is 2.00. The highest BCUT2D eigenvalue weighted by Gasteiger charge is 2.23. The van der Waals surface area contributed by atoms with E-state index in [0.717, 1.165) is 31.6 Å². The number of hydrogen-bond acceptors (Lipinski definition) is 4. The molecule has 18 heavy (non-hydrogen) atoms. The molecule has 1 aromatic carbocycles. The van der Waals surface area contributed by atoms with Crippen molar-refractivity contribution in [3.8, 4) is 0 Å². The van der Waals surface area contributed by atoms with E-state index in [4.69, 9.17) is 0 Å². The van der Waals surface area contributed by atoms with Crippen LogP contribution < -0.4 is 10.6 Å². The van der Waals surface area contributed by atoms with Crippen molar-refractivity contribution < 1.29 is 13.7 Å². The zero-order valence-corrected chi connectivity index (χ0v) is 9.58. The summed E-state index contributed by atoms with van der Waals surface area (Å²) in [6.07, 6.45) is 0.914. The van der Waals surface area contributed by atoms with Crippen LogP contribution in [0.5, 0.6) is 0 Å². The minimum atomic E-state index is -1.20. The van der Waals surface area contributed by atoms with Gasteiger partial charge in [0.05, 0.1) is 4.92 Å². The van der Waals surface area contributed by atoms with Gasteiger partial charge in [-0.2, -0.15) is 0 Å². The van der Waals surface area contributed by atoms with Crippen molar-refractivity contribution in [3.63, 3.8) is 0 Å². The lowest BCUT2D eigenvalue weighted by atomic mass is 10.1. The number of nitrogens with zero attached hydrogens (tertiary/aromatic N) is 1. The molecule has 1 atom stereocenters. The maximum absolute atomic E-state index is 13.5. The Morgan fingerprint density at radius 1 is 1.50 bits per heavy atom. The number of rotatable bonds is 4. The van der Waals surface area contributed by atoms with E-state index in [1.807, 2.05) is 0 Å². The number of hydrogen-bond donors (Lipinski definition) is 2. The average Bonchev–Trinajstić information content (AvgIpc) is 2.83. The molecule has 98 valence electrons. The maximum Gasteiger partial charge on any atom is 0.295 e. The van der Waals surface area contributed by atoms with Crippen LogP contribution in [0.2, 0.25) is 0 Å². The number of benzene rings is 1. The Kier molecular flexibility index (Phi) is 3.71. The molecule has 0 radical (unpaired) electrons. The third-order valence-electron chi connectivity index (χ3n) is 3.00. The minimum absolute atomic E-state index is 0.271. The standard InChI is InChI=1S/C11H13F2N3O2/c12-8-1-2-9(16(17)18)11(10(8)13)15-6-7-3-4-14-5-7/h1-2,7,14-15H,3-6H2. The van der Waals surface area contributed by atoms with Crippen LogP contribution >= 0.6 is 0 Å². The highest BCUT2D eigenvalue weighted by atomic mass is 19.2. The molecule has 0 aromatic heterocycles. The van der Waals surface area contributed by atoms with E-state index < -0.39 is 22.2 Å². The van der Waals surface area contributed by atoms with Gasteiger partial charge in [0.25, 0.3) is 5.69 Å². The molecule has 1 unspecified atom stereocenters. The van der Waals surface area contributed by atoms with Gasteiger partial charge in [-0.25, -0.2) is 8.78 Å². The van der Waals surface area contributed by atoms with Gasteiger partial charge in [-0.15, -0.1) is 0 Å². The van der Waals surface area contributed by atoms with Crippen molar-refractivity contribution in [1.29, 1.82) is 0 Å². The van der Waals surface area contributed by atoms with Gasteiger partial charge in [0, 0.05) is 12.6 Å². The van der Waals surface area contributed by atoms with Crippen LogP contribution in [-0.2, 0) is 0 Å². The van der Waals surface area contributed by atoms with Crippen LogP contribution in [0.1, 0.15) is 6.42 Å². The predicted molar refractivity (Wildman–Crippen MR) is 62.5 cm³/mol.